The highest BCUT2D eigenvalue weighted by Gasteiger charge is 2.38. The van der Waals surface area contributed by atoms with Gasteiger partial charge in [-0.2, -0.15) is 0 Å². The summed E-state index contributed by atoms with van der Waals surface area (Å²) in [7, 11) is 1.44. The zero-order valence-electron chi connectivity index (χ0n) is 16.3. The highest BCUT2D eigenvalue weighted by molar-refractivity contribution is 5.89. The van der Waals surface area contributed by atoms with Crippen LogP contribution in [0, 0.1) is 5.92 Å². The number of carbonyl (C=O) groups excluding carboxylic acids is 1. The Morgan fingerprint density at radius 1 is 1.30 bits per heavy atom. The van der Waals surface area contributed by atoms with Crippen LogP contribution in [0.5, 0.6) is 0 Å². The maximum absolute atomic E-state index is 12.4. The molecule has 2 aliphatic heterocycles. The molecule has 144 valence electrons. The zero-order chi connectivity index (χ0) is 19.0. The normalized spacial score (nSPS) is 23.2. The largest absolute Gasteiger partial charge is 0.498 e. The van der Waals surface area contributed by atoms with Crippen LogP contribution in [0.1, 0.15) is 44.0 Å². The van der Waals surface area contributed by atoms with E-state index in [0.29, 0.717) is 11.6 Å². The SMILES string of the molecule is COC(=O)/C(=C/OC(C)C)[C@@H]1CCN2CCc3c([nH]c4ccccc34)C2C1. The van der Waals surface area contributed by atoms with E-state index in [1.54, 1.807) is 6.26 Å². The number of rotatable bonds is 4. The number of methoxy groups -OCH3 is 1. The molecule has 0 aliphatic carbocycles. The van der Waals surface area contributed by atoms with Gasteiger partial charge in [0.1, 0.15) is 0 Å². The molecule has 0 amide bonds. The van der Waals surface area contributed by atoms with E-state index < -0.39 is 0 Å². The van der Waals surface area contributed by atoms with Gasteiger partial charge in [0.05, 0.1) is 31.1 Å². The molecule has 0 radical (unpaired) electrons. The van der Waals surface area contributed by atoms with Crippen LogP contribution in [-0.2, 0) is 20.7 Å². The van der Waals surface area contributed by atoms with Gasteiger partial charge in [-0.15, -0.1) is 0 Å². The maximum Gasteiger partial charge on any atom is 0.337 e. The standard InChI is InChI=1S/C22H28N2O3/c1-14(2)27-13-18(22(25)26-3)15-8-10-24-11-9-17-16-6-4-5-7-19(16)23-21(17)20(24)12-15/h4-7,13-15,20,23H,8-12H2,1-3H3/b18-13+/t15-,20?/m1/s1. The minimum absolute atomic E-state index is 0.0414. The van der Waals surface area contributed by atoms with E-state index in [1.807, 2.05) is 13.8 Å². The van der Waals surface area contributed by atoms with Crippen molar-refractivity contribution in [2.24, 2.45) is 5.92 Å². The Kier molecular flexibility index (Phi) is 4.96. The van der Waals surface area contributed by atoms with E-state index in [4.69, 9.17) is 9.47 Å². The number of nitrogens with one attached hydrogen (secondary N) is 1. The lowest BCUT2D eigenvalue weighted by atomic mass is 9.81. The summed E-state index contributed by atoms with van der Waals surface area (Å²) in [6.07, 6.45) is 4.61. The molecule has 5 heteroatoms. The van der Waals surface area contributed by atoms with E-state index in [2.05, 4.69) is 34.1 Å². The summed E-state index contributed by atoms with van der Waals surface area (Å²) < 4.78 is 10.7. The molecule has 0 saturated carbocycles. The second-order valence-electron chi connectivity index (χ2n) is 7.84. The van der Waals surface area contributed by atoms with E-state index in [1.165, 1.54) is 29.3 Å². The third kappa shape index (κ3) is 3.36. The van der Waals surface area contributed by atoms with Crippen LogP contribution >= 0.6 is 0 Å². The lowest BCUT2D eigenvalue weighted by molar-refractivity contribution is -0.137. The van der Waals surface area contributed by atoms with Crippen LogP contribution in [-0.4, -0.2) is 42.2 Å². The topological polar surface area (TPSA) is 54.6 Å². The molecule has 1 aromatic heterocycles. The number of aromatic nitrogens is 1. The molecule has 5 nitrogen and oxygen atoms in total. The van der Waals surface area contributed by atoms with Crippen molar-refractivity contribution in [1.29, 1.82) is 0 Å². The predicted octanol–water partition coefficient (Wildman–Crippen LogP) is 3.96. The van der Waals surface area contributed by atoms with Crippen LogP contribution in [0.4, 0.5) is 0 Å². The molecule has 1 saturated heterocycles. The monoisotopic (exact) mass is 368 g/mol. The van der Waals surface area contributed by atoms with Gasteiger partial charge in [-0.3, -0.25) is 4.90 Å². The van der Waals surface area contributed by atoms with Gasteiger partial charge in [0.25, 0.3) is 0 Å². The molecule has 0 bridgehead atoms. The van der Waals surface area contributed by atoms with Gasteiger partial charge in [-0.1, -0.05) is 18.2 Å². The molecule has 3 heterocycles. The number of nitrogens with zero attached hydrogens (tertiary/aromatic N) is 1. The molecule has 1 aromatic carbocycles. The van der Waals surface area contributed by atoms with Crippen LogP contribution in [0.15, 0.2) is 36.1 Å². The molecule has 27 heavy (non-hydrogen) atoms. The quantitative estimate of drug-likeness (QED) is 0.504. The first-order valence-electron chi connectivity index (χ1n) is 9.85. The van der Waals surface area contributed by atoms with Crippen LogP contribution in [0.2, 0.25) is 0 Å². The number of benzene rings is 1. The van der Waals surface area contributed by atoms with Gasteiger partial charge in [-0.05, 0) is 57.2 Å². The molecule has 4 rings (SSSR count). The van der Waals surface area contributed by atoms with Crippen molar-refractivity contribution in [3.8, 4) is 0 Å². The average Bonchev–Trinajstić information content (AvgIpc) is 3.06. The number of esters is 1. The Balaban J connectivity index is 1.65. The maximum atomic E-state index is 12.4. The van der Waals surface area contributed by atoms with Crippen LogP contribution in [0.25, 0.3) is 10.9 Å². The highest BCUT2D eigenvalue weighted by atomic mass is 16.5. The predicted molar refractivity (Wildman–Crippen MR) is 105 cm³/mol. The fourth-order valence-corrected chi connectivity index (χ4v) is 4.53. The Hall–Kier alpha value is -2.27. The fraction of sp³-hybridized carbons (Fsp3) is 0.500. The first-order valence-corrected chi connectivity index (χ1v) is 9.85. The first kappa shape index (κ1) is 18.1. The molecular formula is C22H28N2O3. The summed E-state index contributed by atoms with van der Waals surface area (Å²) in [5, 5.41) is 1.33. The lowest BCUT2D eigenvalue weighted by Gasteiger charge is -2.42. The summed E-state index contributed by atoms with van der Waals surface area (Å²) >= 11 is 0. The average molecular weight is 368 g/mol. The van der Waals surface area contributed by atoms with Crippen molar-refractivity contribution >= 4 is 16.9 Å². The van der Waals surface area contributed by atoms with Gasteiger partial charge in [0, 0.05) is 23.1 Å². The lowest BCUT2D eigenvalue weighted by Crippen LogP contribution is -2.42. The number of H-pyrrole nitrogens is 1. The number of carbonyl (C=O) groups is 1. The fourth-order valence-electron chi connectivity index (χ4n) is 4.53. The minimum atomic E-state index is -0.276. The number of ether oxygens (including phenoxy) is 2. The van der Waals surface area contributed by atoms with Crippen LogP contribution in [0.3, 0.4) is 0 Å². The van der Waals surface area contributed by atoms with E-state index in [-0.39, 0.29) is 18.0 Å². The number of fused-ring (bicyclic) bond motifs is 5. The second-order valence-corrected chi connectivity index (χ2v) is 7.84. The van der Waals surface area contributed by atoms with Gasteiger partial charge in [-0.25, -0.2) is 4.79 Å². The third-order valence-electron chi connectivity index (χ3n) is 5.87. The number of aromatic amines is 1. The van der Waals surface area contributed by atoms with Gasteiger partial charge < -0.3 is 14.5 Å². The Bertz CT molecular complexity index is 868. The van der Waals surface area contributed by atoms with Crippen LogP contribution < -0.4 is 0 Å². The summed E-state index contributed by atoms with van der Waals surface area (Å²) in [6.45, 7) is 5.99. The molecule has 2 aromatic rings. The van der Waals surface area contributed by atoms with E-state index in [0.717, 1.165) is 32.4 Å². The first-order chi connectivity index (χ1) is 13.1. The Labute approximate surface area is 160 Å². The number of piperidine rings is 1. The van der Waals surface area contributed by atoms with Crippen molar-refractivity contribution in [2.75, 3.05) is 20.2 Å². The number of para-hydroxylation sites is 1. The van der Waals surface area contributed by atoms with Crippen molar-refractivity contribution in [2.45, 2.75) is 45.3 Å². The molecule has 0 spiro atoms. The second kappa shape index (κ2) is 7.39. The summed E-state index contributed by atoms with van der Waals surface area (Å²) in [6, 6.07) is 8.85. The number of hydrogen-bond acceptors (Lipinski definition) is 4. The summed E-state index contributed by atoms with van der Waals surface area (Å²) in [5.41, 5.74) is 4.63. The minimum Gasteiger partial charge on any atom is -0.498 e. The van der Waals surface area contributed by atoms with Crippen molar-refractivity contribution < 1.29 is 14.3 Å². The smallest absolute Gasteiger partial charge is 0.337 e. The molecule has 1 N–H and O–H groups in total. The third-order valence-corrected chi connectivity index (χ3v) is 5.87. The highest BCUT2D eigenvalue weighted by Crippen LogP contribution is 2.43. The summed E-state index contributed by atoms with van der Waals surface area (Å²) in [5.74, 6) is -0.128. The van der Waals surface area contributed by atoms with Gasteiger partial charge in [0.15, 0.2) is 0 Å². The van der Waals surface area contributed by atoms with Crippen molar-refractivity contribution in [3.63, 3.8) is 0 Å². The molecule has 2 atom stereocenters. The Morgan fingerprint density at radius 2 is 2.11 bits per heavy atom. The van der Waals surface area contributed by atoms with Crippen molar-refractivity contribution in [3.05, 3.63) is 47.4 Å². The molecule has 1 unspecified atom stereocenters. The zero-order valence-corrected chi connectivity index (χ0v) is 16.3. The summed E-state index contributed by atoms with van der Waals surface area (Å²) in [4.78, 5) is 18.6. The Morgan fingerprint density at radius 3 is 2.89 bits per heavy atom. The molecular weight excluding hydrogens is 340 g/mol. The van der Waals surface area contributed by atoms with Crippen molar-refractivity contribution in [1.82, 2.24) is 9.88 Å². The van der Waals surface area contributed by atoms with Gasteiger partial charge >= 0.3 is 5.97 Å². The molecule has 2 aliphatic rings. The van der Waals surface area contributed by atoms with Gasteiger partial charge in [0.2, 0.25) is 0 Å². The van der Waals surface area contributed by atoms with E-state index >= 15 is 0 Å². The number of hydrogen-bond donors (Lipinski definition) is 1. The molecule has 1 fully saturated rings. The van der Waals surface area contributed by atoms with E-state index in [9.17, 15) is 4.79 Å².